The van der Waals surface area contributed by atoms with Gasteiger partial charge in [-0.25, -0.2) is 9.18 Å². The maximum absolute atomic E-state index is 13.8. The third-order valence-corrected chi connectivity index (χ3v) is 3.46. The van der Waals surface area contributed by atoms with Crippen molar-refractivity contribution in [2.45, 2.75) is 38.8 Å². The summed E-state index contributed by atoms with van der Waals surface area (Å²) in [4.78, 5) is 22.5. The molecule has 0 fully saturated rings. The van der Waals surface area contributed by atoms with Gasteiger partial charge in [0.15, 0.2) is 0 Å². The zero-order chi connectivity index (χ0) is 15.6. The minimum Gasteiger partial charge on any atom is -0.465 e. The van der Waals surface area contributed by atoms with Crippen LogP contribution in [0.3, 0.4) is 0 Å². The highest BCUT2D eigenvalue weighted by molar-refractivity contribution is 5.99. The van der Waals surface area contributed by atoms with Gasteiger partial charge in [0, 0.05) is 11.6 Å². The van der Waals surface area contributed by atoms with Gasteiger partial charge in [0.2, 0.25) is 5.91 Å². The summed E-state index contributed by atoms with van der Waals surface area (Å²) < 4.78 is 13.8. The SMILES string of the molecule is CC1CCc2c(F)ccc(NC(=O)[C@H](C)NC(=O)O)c2N1. The molecule has 2 atom stereocenters. The molecule has 1 aromatic carbocycles. The third-order valence-electron chi connectivity index (χ3n) is 3.46. The van der Waals surface area contributed by atoms with Crippen molar-refractivity contribution in [2.75, 3.05) is 10.6 Å². The Morgan fingerprint density at radius 3 is 2.86 bits per heavy atom. The van der Waals surface area contributed by atoms with Gasteiger partial charge in [-0.15, -0.1) is 0 Å². The van der Waals surface area contributed by atoms with Crippen LogP contribution in [-0.2, 0) is 11.2 Å². The molecule has 7 heteroatoms. The van der Waals surface area contributed by atoms with E-state index in [1.807, 2.05) is 6.92 Å². The van der Waals surface area contributed by atoms with Crippen LogP contribution >= 0.6 is 0 Å². The molecule has 4 N–H and O–H groups in total. The number of fused-ring (bicyclic) bond motifs is 1. The largest absolute Gasteiger partial charge is 0.465 e. The van der Waals surface area contributed by atoms with Crippen LogP contribution < -0.4 is 16.0 Å². The molecule has 6 nitrogen and oxygen atoms in total. The van der Waals surface area contributed by atoms with Crippen LogP contribution in [0.4, 0.5) is 20.6 Å². The number of rotatable bonds is 3. The van der Waals surface area contributed by atoms with Crippen LogP contribution in [0.1, 0.15) is 25.8 Å². The minimum atomic E-state index is -1.27. The van der Waals surface area contributed by atoms with Crippen molar-refractivity contribution in [1.29, 1.82) is 0 Å². The number of halogens is 1. The Kier molecular flexibility index (Phi) is 4.30. The Morgan fingerprint density at radius 2 is 2.19 bits per heavy atom. The Labute approximate surface area is 121 Å². The Morgan fingerprint density at radius 1 is 1.48 bits per heavy atom. The maximum atomic E-state index is 13.8. The lowest BCUT2D eigenvalue weighted by molar-refractivity contribution is -0.117. The molecule has 0 aromatic heterocycles. The van der Waals surface area contributed by atoms with Crippen LogP contribution in [0.25, 0.3) is 0 Å². The highest BCUT2D eigenvalue weighted by atomic mass is 19.1. The summed E-state index contributed by atoms with van der Waals surface area (Å²) >= 11 is 0. The number of carbonyl (C=O) groups excluding carboxylic acids is 1. The van der Waals surface area contributed by atoms with Crippen molar-refractivity contribution < 1.29 is 19.1 Å². The highest BCUT2D eigenvalue weighted by Gasteiger charge is 2.23. The van der Waals surface area contributed by atoms with Crippen molar-refractivity contribution in [3.05, 3.63) is 23.5 Å². The average molecular weight is 295 g/mol. The van der Waals surface area contributed by atoms with E-state index in [4.69, 9.17) is 5.11 Å². The van der Waals surface area contributed by atoms with Gasteiger partial charge in [-0.3, -0.25) is 4.79 Å². The molecule has 0 aliphatic carbocycles. The molecule has 21 heavy (non-hydrogen) atoms. The van der Waals surface area contributed by atoms with Crippen molar-refractivity contribution in [3.63, 3.8) is 0 Å². The van der Waals surface area contributed by atoms with E-state index in [0.717, 1.165) is 6.42 Å². The first-order valence-corrected chi connectivity index (χ1v) is 6.76. The number of anilines is 2. The van der Waals surface area contributed by atoms with Crippen molar-refractivity contribution in [1.82, 2.24) is 5.32 Å². The first-order chi connectivity index (χ1) is 9.88. The lowest BCUT2D eigenvalue weighted by Crippen LogP contribution is -2.41. The second kappa shape index (κ2) is 5.99. The Bertz CT molecular complexity index is 577. The van der Waals surface area contributed by atoms with E-state index in [-0.39, 0.29) is 11.9 Å². The first-order valence-electron chi connectivity index (χ1n) is 6.76. The number of carboxylic acid groups (broad SMARTS) is 1. The third kappa shape index (κ3) is 3.42. The van der Waals surface area contributed by atoms with Crippen molar-refractivity contribution in [2.24, 2.45) is 0 Å². The fraction of sp³-hybridized carbons (Fsp3) is 0.429. The summed E-state index contributed by atoms with van der Waals surface area (Å²) in [5.41, 5.74) is 1.58. The molecule has 0 bridgehead atoms. The summed E-state index contributed by atoms with van der Waals surface area (Å²) in [5.74, 6) is -0.801. The predicted molar refractivity (Wildman–Crippen MR) is 77.1 cm³/mol. The summed E-state index contributed by atoms with van der Waals surface area (Å²) in [7, 11) is 0. The van der Waals surface area contributed by atoms with E-state index in [1.165, 1.54) is 19.1 Å². The van der Waals surface area contributed by atoms with Gasteiger partial charge in [0.25, 0.3) is 0 Å². The number of hydrogen-bond donors (Lipinski definition) is 4. The molecule has 0 spiro atoms. The van der Waals surface area contributed by atoms with E-state index in [1.54, 1.807) is 0 Å². The quantitative estimate of drug-likeness (QED) is 0.688. The molecular weight excluding hydrogens is 277 g/mol. The normalized spacial score (nSPS) is 18.1. The molecule has 1 aliphatic rings. The molecule has 1 aromatic rings. The van der Waals surface area contributed by atoms with Crippen LogP contribution in [0.15, 0.2) is 12.1 Å². The second-order valence-electron chi connectivity index (χ2n) is 5.19. The zero-order valence-corrected chi connectivity index (χ0v) is 11.9. The molecule has 0 saturated carbocycles. The van der Waals surface area contributed by atoms with Crippen molar-refractivity contribution >= 4 is 23.4 Å². The van der Waals surface area contributed by atoms with Crippen LogP contribution in [-0.4, -0.2) is 29.2 Å². The zero-order valence-electron chi connectivity index (χ0n) is 11.9. The van der Waals surface area contributed by atoms with Gasteiger partial charge in [-0.2, -0.15) is 0 Å². The van der Waals surface area contributed by atoms with Gasteiger partial charge in [-0.1, -0.05) is 0 Å². The number of hydrogen-bond acceptors (Lipinski definition) is 3. The molecule has 0 saturated heterocycles. The molecule has 0 radical (unpaired) electrons. The summed E-state index contributed by atoms with van der Waals surface area (Å²) in [6.07, 6.45) is 0.144. The van der Waals surface area contributed by atoms with E-state index >= 15 is 0 Å². The van der Waals surface area contributed by atoms with E-state index in [0.29, 0.717) is 23.4 Å². The van der Waals surface area contributed by atoms with Crippen molar-refractivity contribution in [3.8, 4) is 0 Å². The molecule has 1 heterocycles. The van der Waals surface area contributed by atoms with Gasteiger partial charge in [0.1, 0.15) is 11.9 Å². The van der Waals surface area contributed by atoms with Crippen LogP contribution in [0, 0.1) is 5.82 Å². The molecular formula is C14H18FN3O3. The van der Waals surface area contributed by atoms with E-state index in [9.17, 15) is 14.0 Å². The first kappa shape index (κ1) is 15.1. The lowest BCUT2D eigenvalue weighted by Gasteiger charge is -2.27. The standard InChI is InChI=1S/C14H18FN3O3/c1-7-3-4-9-10(15)5-6-11(12(9)16-7)18-13(19)8(2)17-14(20)21/h5-8,16-17H,3-4H2,1-2H3,(H,18,19)(H,20,21)/t7?,8-/m0/s1. The minimum absolute atomic E-state index is 0.185. The average Bonchev–Trinajstić information content (AvgIpc) is 2.41. The summed E-state index contributed by atoms with van der Waals surface area (Å²) in [5, 5.41) is 16.5. The Hall–Kier alpha value is -2.31. The predicted octanol–water partition coefficient (Wildman–Crippen LogP) is 2.17. The lowest BCUT2D eigenvalue weighted by atomic mass is 9.97. The molecule has 1 unspecified atom stereocenters. The fourth-order valence-corrected chi connectivity index (χ4v) is 2.31. The highest BCUT2D eigenvalue weighted by Crippen LogP contribution is 2.34. The van der Waals surface area contributed by atoms with E-state index < -0.39 is 18.0 Å². The number of carbonyl (C=O) groups is 2. The van der Waals surface area contributed by atoms with Crippen LogP contribution in [0.2, 0.25) is 0 Å². The topological polar surface area (TPSA) is 90.5 Å². The summed E-state index contributed by atoms with van der Waals surface area (Å²) in [6, 6.07) is 2.07. The molecule has 114 valence electrons. The molecule has 2 rings (SSSR count). The number of benzene rings is 1. The van der Waals surface area contributed by atoms with E-state index in [2.05, 4.69) is 16.0 Å². The van der Waals surface area contributed by atoms with Gasteiger partial charge < -0.3 is 21.1 Å². The Balaban J connectivity index is 2.21. The van der Waals surface area contributed by atoms with Gasteiger partial charge in [0.05, 0.1) is 11.4 Å². The molecule has 1 aliphatic heterocycles. The number of amides is 2. The van der Waals surface area contributed by atoms with Crippen LogP contribution in [0.5, 0.6) is 0 Å². The van der Waals surface area contributed by atoms with Gasteiger partial charge >= 0.3 is 6.09 Å². The monoisotopic (exact) mass is 295 g/mol. The summed E-state index contributed by atoms with van der Waals surface area (Å²) in [6.45, 7) is 3.42. The fourth-order valence-electron chi connectivity index (χ4n) is 2.31. The molecule has 2 amide bonds. The number of nitrogens with one attached hydrogen (secondary N) is 3. The second-order valence-corrected chi connectivity index (χ2v) is 5.19. The van der Waals surface area contributed by atoms with Gasteiger partial charge in [-0.05, 0) is 38.8 Å². The smallest absolute Gasteiger partial charge is 0.405 e. The maximum Gasteiger partial charge on any atom is 0.405 e.